The number of carbonyl (C=O) groups excluding carboxylic acids is 2. The molecule has 1 aliphatic rings. The van der Waals surface area contributed by atoms with Gasteiger partial charge >= 0.3 is 6.18 Å². The molecule has 2 unspecified atom stereocenters. The maximum absolute atomic E-state index is 13.1. The first-order valence-corrected chi connectivity index (χ1v) is 8.21. The fourth-order valence-corrected chi connectivity index (χ4v) is 3.13. The first-order chi connectivity index (χ1) is 11.7. The van der Waals surface area contributed by atoms with Crippen LogP contribution in [0.3, 0.4) is 0 Å². The Labute approximate surface area is 144 Å². The van der Waals surface area contributed by atoms with Crippen LogP contribution in [0.5, 0.6) is 0 Å². The Morgan fingerprint density at radius 1 is 1.20 bits per heavy atom. The molecular weight excluding hydrogens is 335 g/mol. The zero-order valence-electron chi connectivity index (χ0n) is 14.0. The molecule has 2 atom stereocenters. The molecule has 0 aromatic heterocycles. The number of rotatable bonds is 4. The average Bonchev–Trinajstić information content (AvgIpc) is 2.53. The molecule has 1 saturated carbocycles. The highest BCUT2D eigenvalue weighted by molar-refractivity contribution is 5.97. The van der Waals surface area contributed by atoms with E-state index in [0.29, 0.717) is 6.54 Å². The number of alkyl halides is 3. The molecule has 0 heterocycles. The molecule has 2 rings (SSSR count). The van der Waals surface area contributed by atoms with Crippen LogP contribution in [0, 0.1) is 5.92 Å². The fraction of sp³-hybridized carbons (Fsp3) is 0.529. The molecule has 5 nitrogen and oxygen atoms in total. The number of hydrogen-bond acceptors (Lipinski definition) is 3. The zero-order valence-corrected chi connectivity index (χ0v) is 14.0. The van der Waals surface area contributed by atoms with Crippen molar-refractivity contribution in [1.82, 2.24) is 5.32 Å². The number of nitrogens with one attached hydrogen (secondary N) is 2. The molecular formula is C17H22F3N3O2. The van der Waals surface area contributed by atoms with E-state index in [0.717, 1.165) is 37.8 Å². The normalized spacial score (nSPS) is 20.8. The van der Waals surface area contributed by atoms with Gasteiger partial charge in [0.05, 0.1) is 5.56 Å². The minimum Gasteiger partial charge on any atom is -0.349 e. The number of benzene rings is 1. The van der Waals surface area contributed by atoms with E-state index in [4.69, 9.17) is 5.73 Å². The highest BCUT2D eigenvalue weighted by Crippen LogP contribution is 2.32. The van der Waals surface area contributed by atoms with E-state index in [-0.39, 0.29) is 23.2 Å². The second-order valence-corrected chi connectivity index (χ2v) is 6.34. The lowest BCUT2D eigenvalue weighted by Crippen LogP contribution is -2.44. The van der Waals surface area contributed by atoms with E-state index < -0.39 is 23.6 Å². The lowest BCUT2D eigenvalue weighted by atomic mass is 9.84. The van der Waals surface area contributed by atoms with Crippen LogP contribution in [0.2, 0.25) is 0 Å². The Hall–Kier alpha value is -2.09. The quantitative estimate of drug-likeness (QED) is 0.775. The van der Waals surface area contributed by atoms with E-state index in [1.54, 1.807) is 0 Å². The van der Waals surface area contributed by atoms with Crippen LogP contribution in [-0.4, -0.2) is 24.4 Å². The highest BCUT2D eigenvalue weighted by Gasteiger charge is 2.32. The second kappa shape index (κ2) is 7.86. The smallest absolute Gasteiger partial charge is 0.349 e. The van der Waals surface area contributed by atoms with Gasteiger partial charge in [-0.05, 0) is 43.5 Å². The van der Waals surface area contributed by atoms with Crippen molar-refractivity contribution in [1.29, 1.82) is 0 Å². The number of carbonyl (C=O) groups is 2. The molecule has 1 aromatic carbocycles. The third kappa shape index (κ3) is 5.19. The number of nitrogens with two attached hydrogens (primary N) is 1. The lowest BCUT2D eigenvalue weighted by molar-refractivity contribution is -0.137. The van der Waals surface area contributed by atoms with Gasteiger partial charge in [-0.3, -0.25) is 9.59 Å². The Morgan fingerprint density at radius 3 is 2.48 bits per heavy atom. The van der Waals surface area contributed by atoms with E-state index in [2.05, 4.69) is 10.6 Å². The van der Waals surface area contributed by atoms with Gasteiger partial charge in [0.1, 0.15) is 0 Å². The summed E-state index contributed by atoms with van der Waals surface area (Å²) in [7, 11) is 0. The number of anilines is 1. The number of amides is 2. The molecule has 8 heteroatoms. The minimum atomic E-state index is -4.62. The molecule has 2 amide bonds. The monoisotopic (exact) mass is 357 g/mol. The van der Waals surface area contributed by atoms with Gasteiger partial charge in [-0.2, -0.15) is 13.2 Å². The number of halogens is 3. The lowest BCUT2D eigenvalue weighted by Gasteiger charge is -2.31. The molecule has 138 valence electrons. The number of hydrogen-bond donors (Lipinski definition) is 3. The fourth-order valence-electron chi connectivity index (χ4n) is 3.13. The summed E-state index contributed by atoms with van der Waals surface area (Å²) in [5.41, 5.74) is 4.53. The molecule has 25 heavy (non-hydrogen) atoms. The van der Waals surface area contributed by atoms with Crippen LogP contribution >= 0.6 is 0 Å². The van der Waals surface area contributed by atoms with E-state index in [1.807, 2.05) is 0 Å². The van der Waals surface area contributed by atoms with Crippen LogP contribution in [0.1, 0.15) is 48.5 Å². The topological polar surface area (TPSA) is 84.2 Å². The standard InChI is InChI=1S/C17H22F3N3O2/c1-10(24)22-14-7-12(6-13(8-14)17(18,19)20)16(25)23-15-5-3-2-4-11(15)9-21/h6-8,11,15H,2-5,9,21H2,1H3,(H,22,24)(H,23,25). The van der Waals surface area contributed by atoms with Gasteiger partial charge in [0, 0.05) is 24.2 Å². The zero-order chi connectivity index (χ0) is 18.6. The van der Waals surface area contributed by atoms with Crippen molar-refractivity contribution in [2.24, 2.45) is 11.7 Å². The van der Waals surface area contributed by atoms with Crippen LogP contribution in [-0.2, 0) is 11.0 Å². The van der Waals surface area contributed by atoms with Crippen LogP contribution in [0.15, 0.2) is 18.2 Å². The van der Waals surface area contributed by atoms with Crippen molar-refractivity contribution in [3.8, 4) is 0 Å². The SMILES string of the molecule is CC(=O)Nc1cc(C(=O)NC2CCCCC2CN)cc(C(F)(F)F)c1. The first-order valence-electron chi connectivity index (χ1n) is 8.21. The van der Waals surface area contributed by atoms with Crippen molar-refractivity contribution in [2.75, 3.05) is 11.9 Å². The second-order valence-electron chi connectivity index (χ2n) is 6.34. The Balaban J connectivity index is 2.26. The van der Waals surface area contributed by atoms with Crippen molar-refractivity contribution >= 4 is 17.5 Å². The molecule has 1 aliphatic carbocycles. The molecule has 0 saturated heterocycles. The van der Waals surface area contributed by atoms with Gasteiger partial charge < -0.3 is 16.4 Å². The van der Waals surface area contributed by atoms with Crippen molar-refractivity contribution in [2.45, 2.75) is 44.8 Å². The van der Waals surface area contributed by atoms with E-state index >= 15 is 0 Å². The van der Waals surface area contributed by atoms with E-state index in [1.165, 1.54) is 13.0 Å². The predicted molar refractivity (Wildman–Crippen MR) is 88.0 cm³/mol. The third-order valence-corrected chi connectivity index (χ3v) is 4.37. The van der Waals surface area contributed by atoms with Gasteiger partial charge in [-0.15, -0.1) is 0 Å². The summed E-state index contributed by atoms with van der Waals surface area (Å²) in [6, 6.07) is 2.69. The third-order valence-electron chi connectivity index (χ3n) is 4.37. The summed E-state index contributed by atoms with van der Waals surface area (Å²) in [5, 5.41) is 5.09. The van der Waals surface area contributed by atoms with Gasteiger partial charge in [0.2, 0.25) is 5.91 Å². The Bertz CT molecular complexity index is 647. The summed E-state index contributed by atoms with van der Waals surface area (Å²) in [5.74, 6) is -0.984. The van der Waals surface area contributed by atoms with E-state index in [9.17, 15) is 22.8 Å². The molecule has 1 aromatic rings. The molecule has 1 fully saturated rings. The summed E-state index contributed by atoms with van der Waals surface area (Å²) in [6.07, 6.45) is -0.994. The predicted octanol–water partition coefficient (Wildman–Crippen LogP) is 2.91. The van der Waals surface area contributed by atoms with Gasteiger partial charge in [0.25, 0.3) is 5.91 Å². The molecule has 4 N–H and O–H groups in total. The van der Waals surface area contributed by atoms with Crippen molar-refractivity contribution in [3.63, 3.8) is 0 Å². The molecule has 0 bridgehead atoms. The van der Waals surface area contributed by atoms with Crippen LogP contribution in [0.4, 0.5) is 18.9 Å². The maximum Gasteiger partial charge on any atom is 0.416 e. The summed E-state index contributed by atoms with van der Waals surface area (Å²) in [4.78, 5) is 23.6. The largest absolute Gasteiger partial charge is 0.416 e. The highest BCUT2D eigenvalue weighted by atomic mass is 19.4. The minimum absolute atomic E-state index is 0.0634. The summed E-state index contributed by atoms with van der Waals surface area (Å²) in [6.45, 7) is 1.61. The van der Waals surface area contributed by atoms with Gasteiger partial charge in [-0.1, -0.05) is 12.8 Å². The molecule has 0 aliphatic heterocycles. The van der Waals surface area contributed by atoms with Crippen molar-refractivity contribution < 1.29 is 22.8 Å². The molecule has 0 spiro atoms. The van der Waals surface area contributed by atoms with Crippen molar-refractivity contribution in [3.05, 3.63) is 29.3 Å². The summed E-state index contributed by atoms with van der Waals surface area (Å²) >= 11 is 0. The Kier molecular flexibility index (Phi) is 6.05. The molecule has 0 radical (unpaired) electrons. The van der Waals surface area contributed by atoms with Gasteiger partial charge in [-0.25, -0.2) is 0 Å². The van der Waals surface area contributed by atoms with Gasteiger partial charge in [0.15, 0.2) is 0 Å². The van der Waals surface area contributed by atoms with Crippen LogP contribution < -0.4 is 16.4 Å². The Morgan fingerprint density at radius 2 is 1.88 bits per heavy atom. The first kappa shape index (κ1) is 19.2. The average molecular weight is 357 g/mol. The maximum atomic E-state index is 13.1. The summed E-state index contributed by atoms with van der Waals surface area (Å²) < 4.78 is 39.2. The van der Waals surface area contributed by atoms with Crippen LogP contribution in [0.25, 0.3) is 0 Å².